The van der Waals surface area contributed by atoms with Crippen molar-refractivity contribution in [2.75, 3.05) is 14.1 Å². The summed E-state index contributed by atoms with van der Waals surface area (Å²) in [6.45, 7) is 2.56. The van der Waals surface area contributed by atoms with Gasteiger partial charge >= 0.3 is 0 Å². The average molecular weight is 522 g/mol. The standard InChI is InChI=1S/C23H27FN4O.HI/c1-25-23(27-15-19-9-5-6-12-22(19)24)26-14-18-8-3-4-10-20(18)16-28(2)17-21-11-7-13-29-21;/h3-13H,14-17H2,1-2H3,(H2,25,26,27);1H. The fraction of sp³-hybridized carbons (Fsp3) is 0.261. The predicted octanol–water partition coefficient (Wildman–Crippen LogP) is 4.53. The van der Waals surface area contributed by atoms with Gasteiger partial charge in [0.05, 0.1) is 12.8 Å². The fourth-order valence-corrected chi connectivity index (χ4v) is 3.12. The van der Waals surface area contributed by atoms with E-state index in [0.29, 0.717) is 24.6 Å². The second kappa shape index (κ2) is 12.3. The summed E-state index contributed by atoms with van der Waals surface area (Å²) < 4.78 is 19.2. The number of guanidine groups is 1. The van der Waals surface area contributed by atoms with Gasteiger partial charge in [0, 0.05) is 32.2 Å². The van der Waals surface area contributed by atoms with Gasteiger partial charge in [-0.25, -0.2) is 4.39 Å². The number of nitrogens with zero attached hydrogens (tertiary/aromatic N) is 2. The van der Waals surface area contributed by atoms with Crippen LogP contribution in [-0.4, -0.2) is 25.0 Å². The van der Waals surface area contributed by atoms with E-state index in [1.165, 1.54) is 17.2 Å². The number of hydrogen-bond acceptors (Lipinski definition) is 3. The van der Waals surface area contributed by atoms with Crippen molar-refractivity contribution < 1.29 is 8.81 Å². The minimum atomic E-state index is -0.222. The topological polar surface area (TPSA) is 52.8 Å². The minimum Gasteiger partial charge on any atom is -0.468 e. The summed E-state index contributed by atoms with van der Waals surface area (Å²) in [5.74, 6) is 1.35. The Bertz CT molecular complexity index is 930. The first kappa shape index (κ1) is 23.9. The van der Waals surface area contributed by atoms with Crippen molar-refractivity contribution in [1.82, 2.24) is 15.5 Å². The predicted molar refractivity (Wildman–Crippen MR) is 129 cm³/mol. The van der Waals surface area contributed by atoms with E-state index in [0.717, 1.165) is 18.8 Å². The summed E-state index contributed by atoms with van der Waals surface area (Å²) in [5, 5.41) is 6.48. The van der Waals surface area contributed by atoms with Gasteiger partial charge in [-0.3, -0.25) is 9.89 Å². The van der Waals surface area contributed by atoms with Gasteiger partial charge in [0.25, 0.3) is 0 Å². The van der Waals surface area contributed by atoms with Crippen LogP contribution in [0.4, 0.5) is 4.39 Å². The molecule has 1 aromatic heterocycles. The number of aliphatic imine (C=N–C) groups is 1. The normalized spacial score (nSPS) is 11.3. The second-order valence-electron chi connectivity index (χ2n) is 6.89. The highest BCUT2D eigenvalue weighted by Crippen LogP contribution is 2.13. The number of benzene rings is 2. The van der Waals surface area contributed by atoms with Crippen LogP contribution in [0.3, 0.4) is 0 Å². The molecule has 0 fully saturated rings. The third-order valence-corrected chi connectivity index (χ3v) is 4.64. The molecule has 30 heavy (non-hydrogen) atoms. The third kappa shape index (κ3) is 7.14. The molecule has 5 nitrogen and oxygen atoms in total. The molecule has 160 valence electrons. The number of hydrogen-bond donors (Lipinski definition) is 2. The Labute approximate surface area is 194 Å². The van der Waals surface area contributed by atoms with E-state index in [-0.39, 0.29) is 29.8 Å². The number of halogens is 2. The second-order valence-corrected chi connectivity index (χ2v) is 6.89. The average Bonchev–Trinajstić information content (AvgIpc) is 3.23. The van der Waals surface area contributed by atoms with Crippen LogP contribution in [-0.2, 0) is 26.2 Å². The lowest BCUT2D eigenvalue weighted by Crippen LogP contribution is -2.36. The van der Waals surface area contributed by atoms with E-state index in [9.17, 15) is 4.39 Å². The zero-order valence-corrected chi connectivity index (χ0v) is 19.6. The summed E-state index contributed by atoms with van der Waals surface area (Å²) in [6.07, 6.45) is 1.70. The summed E-state index contributed by atoms with van der Waals surface area (Å²) >= 11 is 0. The Kier molecular flexibility index (Phi) is 9.82. The molecule has 0 saturated heterocycles. The molecule has 3 aromatic rings. The molecule has 0 aliphatic heterocycles. The zero-order chi connectivity index (χ0) is 20.5. The van der Waals surface area contributed by atoms with Gasteiger partial charge in [-0.15, -0.1) is 24.0 Å². The molecule has 0 spiro atoms. The molecule has 1 heterocycles. The molecule has 2 aromatic carbocycles. The van der Waals surface area contributed by atoms with Gasteiger partial charge in [0.15, 0.2) is 5.96 Å². The molecular formula is C23H28FIN4O. The van der Waals surface area contributed by atoms with Crippen LogP contribution >= 0.6 is 24.0 Å². The van der Waals surface area contributed by atoms with E-state index in [2.05, 4.69) is 39.7 Å². The van der Waals surface area contributed by atoms with Crippen molar-refractivity contribution in [3.8, 4) is 0 Å². The number of nitrogens with one attached hydrogen (secondary N) is 2. The van der Waals surface area contributed by atoms with E-state index in [1.54, 1.807) is 25.4 Å². The van der Waals surface area contributed by atoms with Crippen LogP contribution in [0, 0.1) is 5.82 Å². The first-order valence-electron chi connectivity index (χ1n) is 9.61. The smallest absolute Gasteiger partial charge is 0.191 e. The van der Waals surface area contributed by atoms with Crippen molar-refractivity contribution in [1.29, 1.82) is 0 Å². The summed E-state index contributed by atoms with van der Waals surface area (Å²) in [4.78, 5) is 6.45. The van der Waals surface area contributed by atoms with E-state index in [1.807, 2.05) is 30.3 Å². The largest absolute Gasteiger partial charge is 0.468 e. The first-order valence-corrected chi connectivity index (χ1v) is 9.61. The zero-order valence-electron chi connectivity index (χ0n) is 17.3. The molecule has 0 atom stereocenters. The molecule has 0 aliphatic rings. The van der Waals surface area contributed by atoms with Crippen LogP contribution < -0.4 is 10.6 Å². The van der Waals surface area contributed by atoms with Gasteiger partial charge in [-0.05, 0) is 36.4 Å². The monoisotopic (exact) mass is 522 g/mol. The van der Waals surface area contributed by atoms with E-state index < -0.39 is 0 Å². The molecule has 0 amide bonds. The number of rotatable bonds is 8. The van der Waals surface area contributed by atoms with E-state index in [4.69, 9.17) is 4.42 Å². The Morgan fingerprint density at radius 1 is 0.900 bits per heavy atom. The SMILES string of the molecule is CN=C(NCc1ccccc1F)NCc1ccccc1CN(C)Cc1ccco1.I. The number of furan rings is 1. The maximum absolute atomic E-state index is 13.8. The van der Waals surface area contributed by atoms with Gasteiger partial charge < -0.3 is 15.1 Å². The van der Waals surface area contributed by atoms with Gasteiger partial charge in [0.1, 0.15) is 11.6 Å². The lowest BCUT2D eigenvalue weighted by atomic mass is 10.1. The quantitative estimate of drug-likeness (QED) is 0.259. The molecule has 0 aliphatic carbocycles. The molecule has 0 unspecified atom stereocenters. The summed E-state index contributed by atoms with van der Waals surface area (Å²) in [6, 6.07) is 18.9. The third-order valence-electron chi connectivity index (χ3n) is 4.64. The Morgan fingerprint density at radius 2 is 1.53 bits per heavy atom. The maximum Gasteiger partial charge on any atom is 0.191 e. The van der Waals surface area contributed by atoms with Gasteiger partial charge in [-0.1, -0.05) is 42.5 Å². The molecule has 0 saturated carbocycles. The van der Waals surface area contributed by atoms with Crippen LogP contribution in [0.15, 0.2) is 76.3 Å². The van der Waals surface area contributed by atoms with Crippen molar-refractivity contribution in [3.63, 3.8) is 0 Å². The molecule has 2 N–H and O–H groups in total. The van der Waals surface area contributed by atoms with E-state index >= 15 is 0 Å². The molecule has 0 radical (unpaired) electrons. The lowest BCUT2D eigenvalue weighted by molar-refractivity contribution is 0.287. The Balaban J connectivity index is 0.00000320. The minimum absolute atomic E-state index is 0. The Morgan fingerprint density at radius 3 is 2.17 bits per heavy atom. The molecule has 0 bridgehead atoms. The van der Waals surface area contributed by atoms with Crippen molar-refractivity contribution in [2.45, 2.75) is 26.2 Å². The van der Waals surface area contributed by atoms with Crippen LogP contribution in [0.2, 0.25) is 0 Å². The lowest BCUT2D eigenvalue weighted by Gasteiger charge is -2.19. The molecular weight excluding hydrogens is 494 g/mol. The van der Waals surface area contributed by atoms with Gasteiger partial charge in [-0.2, -0.15) is 0 Å². The highest BCUT2D eigenvalue weighted by Gasteiger charge is 2.09. The highest BCUT2D eigenvalue weighted by molar-refractivity contribution is 14.0. The van der Waals surface area contributed by atoms with Crippen molar-refractivity contribution >= 4 is 29.9 Å². The Hall–Kier alpha value is -2.39. The van der Waals surface area contributed by atoms with Crippen LogP contribution in [0.5, 0.6) is 0 Å². The molecule has 3 rings (SSSR count). The first-order chi connectivity index (χ1) is 14.2. The van der Waals surface area contributed by atoms with Crippen molar-refractivity contribution in [2.24, 2.45) is 4.99 Å². The summed E-state index contributed by atoms with van der Waals surface area (Å²) in [5.41, 5.74) is 3.03. The summed E-state index contributed by atoms with van der Waals surface area (Å²) in [7, 11) is 3.78. The van der Waals surface area contributed by atoms with Crippen LogP contribution in [0.1, 0.15) is 22.5 Å². The van der Waals surface area contributed by atoms with Gasteiger partial charge in [0.2, 0.25) is 0 Å². The maximum atomic E-state index is 13.8. The molecule has 7 heteroatoms. The fourth-order valence-electron chi connectivity index (χ4n) is 3.12. The highest BCUT2D eigenvalue weighted by atomic mass is 127. The van der Waals surface area contributed by atoms with Crippen molar-refractivity contribution in [3.05, 3.63) is 95.2 Å². The van der Waals surface area contributed by atoms with Crippen LogP contribution in [0.25, 0.3) is 0 Å².